The highest BCUT2D eigenvalue weighted by atomic mass is 16.6. The van der Waals surface area contributed by atoms with Gasteiger partial charge in [0.1, 0.15) is 6.61 Å². The first-order valence-electron chi connectivity index (χ1n) is 5.92. The van der Waals surface area contributed by atoms with Crippen molar-refractivity contribution in [2.45, 2.75) is 20.3 Å². The van der Waals surface area contributed by atoms with Crippen LogP contribution in [0.4, 0.5) is 0 Å². The van der Waals surface area contributed by atoms with Crippen LogP contribution in [-0.4, -0.2) is 51.1 Å². The molecular weight excluding hydrogens is 250 g/mol. The Morgan fingerprint density at radius 1 is 1.32 bits per heavy atom. The first kappa shape index (κ1) is 13.3. The maximum atomic E-state index is 11.8. The molecule has 8 heteroatoms. The Balaban J connectivity index is 2.28. The molecule has 0 aliphatic carbocycles. The van der Waals surface area contributed by atoms with Gasteiger partial charge in [-0.15, -0.1) is 15.3 Å². The predicted molar refractivity (Wildman–Crippen MR) is 64.9 cm³/mol. The van der Waals surface area contributed by atoms with E-state index in [9.17, 15) is 4.79 Å². The van der Waals surface area contributed by atoms with Crippen LogP contribution in [0.3, 0.4) is 0 Å². The van der Waals surface area contributed by atoms with Crippen molar-refractivity contribution >= 4 is 11.7 Å². The molecule has 0 radical (unpaired) electrons. The van der Waals surface area contributed by atoms with E-state index in [4.69, 9.17) is 9.47 Å². The molecule has 2 rings (SSSR count). The maximum absolute atomic E-state index is 11.8. The van der Waals surface area contributed by atoms with E-state index in [1.54, 1.807) is 6.92 Å². The average molecular weight is 265 g/mol. The fraction of sp³-hybridized carbons (Fsp3) is 0.545. The fourth-order valence-electron chi connectivity index (χ4n) is 1.53. The molecule has 0 bridgehead atoms. The topological polar surface area (TPSA) is 91.5 Å². The number of fused-ring (bicyclic) bond motifs is 1. The molecule has 0 saturated carbocycles. The van der Waals surface area contributed by atoms with Crippen LogP contribution in [0.25, 0.3) is 5.78 Å². The lowest BCUT2D eigenvalue weighted by Gasteiger charge is -2.05. The van der Waals surface area contributed by atoms with Crippen molar-refractivity contribution in [3.63, 3.8) is 0 Å². The number of carbonyl (C=O) groups excluding carboxylic acids is 1. The summed E-state index contributed by atoms with van der Waals surface area (Å²) < 4.78 is 11.3. The molecule has 2 aromatic heterocycles. The number of rotatable bonds is 5. The minimum atomic E-state index is -0.544. The Morgan fingerprint density at radius 3 is 2.79 bits per heavy atom. The number of esters is 1. The number of ether oxygens (including phenoxy) is 2. The summed E-state index contributed by atoms with van der Waals surface area (Å²) in [5, 5.41) is 12.0. The standard InChI is InChI=1S/C11H15N5O3/c1-4-8-12-11-14-13-9(7(2)16(11)15-8)10(17)19-6-5-18-3/h4-6H2,1-3H3. The van der Waals surface area contributed by atoms with Gasteiger partial charge in [0.15, 0.2) is 11.5 Å². The summed E-state index contributed by atoms with van der Waals surface area (Å²) in [6.45, 7) is 4.18. The highest BCUT2D eigenvalue weighted by molar-refractivity contribution is 5.88. The molecule has 0 atom stereocenters. The molecule has 0 aliphatic heterocycles. The van der Waals surface area contributed by atoms with Crippen LogP contribution in [0.5, 0.6) is 0 Å². The molecule has 0 saturated heterocycles. The Hall–Kier alpha value is -2.09. The van der Waals surface area contributed by atoms with Gasteiger partial charge in [0.05, 0.1) is 12.3 Å². The van der Waals surface area contributed by atoms with Crippen molar-refractivity contribution in [2.24, 2.45) is 0 Å². The Kier molecular flexibility index (Phi) is 4.00. The third-order valence-electron chi connectivity index (χ3n) is 2.56. The Labute approximate surface area is 109 Å². The van der Waals surface area contributed by atoms with E-state index >= 15 is 0 Å². The van der Waals surface area contributed by atoms with Gasteiger partial charge in [-0.1, -0.05) is 6.92 Å². The molecule has 0 aliphatic rings. The van der Waals surface area contributed by atoms with Crippen LogP contribution >= 0.6 is 0 Å². The third-order valence-corrected chi connectivity index (χ3v) is 2.56. The molecule has 0 fully saturated rings. The zero-order valence-corrected chi connectivity index (χ0v) is 11.1. The molecule has 0 spiro atoms. The number of hydrogen-bond acceptors (Lipinski definition) is 7. The largest absolute Gasteiger partial charge is 0.458 e. The van der Waals surface area contributed by atoms with E-state index in [0.29, 0.717) is 30.3 Å². The number of hydrogen-bond donors (Lipinski definition) is 0. The van der Waals surface area contributed by atoms with Crippen LogP contribution in [0, 0.1) is 6.92 Å². The molecule has 19 heavy (non-hydrogen) atoms. The van der Waals surface area contributed by atoms with Gasteiger partial charge < -0.3 is 9.47 Å². The summed E-state index contributed by atoms with van der Waals surface area (Å²) in [7, 11) is 1.53. The SMILES string of the molecule is CCc1nc2nnc(C(=O)OCCOC)c(C)n2n1. The average Bonchev–Trinajstić information content (AvgIpc) is 2.83. The van der Waals surface area contributed by atoms with Gasteiger partial charge in [0.25, 0.3) is 5.78 Å². The van der Waals surface area contributed by atoms with Crippen molar-refractivity contribution in [1.29, 1.82) is 0 Å². The lowest BCUT2D eigenvalue weighted by molar-refractivity contribution is 0.0378. The third kappa shape index (κ3) is 2.68. The molecule has 2 aromatic rings. The van der Waals surface area contributed by atoms with Crippen molar-refractivity contribution in [3.8, 4) is 0 Å². The van der Waals surface area contributed by atoms with Gasteiger partial charge in [-0.2, -0.15) is 9.50 Å². The summed E-state index contributed by atoms with van der Waals surface area (Å²) in [5.74, 6) is 0.489. The highest BCUT2D eigenvalue weighted by Gasteiger charge is 2.18. The minimum absolute atomic E-state index is 0.135. The predicted octanol–water partition coefficient (Wildman–Crippen LogP) is 0.193. The smallest absolute Gasteiger partial charge is 0.360 e. The van der Waals surface area contributed by atoms with E-state index in [0.717, 1.165) is 0 Å². The number of aryl methyl sites for hydroxylation is 2. The van der Waals surface area contributed by atoms with Crippen LogP contribution in [0.1, 0.15) is 28.9 Å². The number of aromatic nitrogens is 5. The van der Waals surface area contributed by atoms with E-state index in [1.165, 1.54) is 11.6 Å². The molecular formula is C11H15N5O3. The summed E-state index contributed by atoms with van der Waals surface area (Å²) >= 11 is 0. The second-order valence-electron chi connectivity index (χ2n) is 3.86. The zero-order chi connectivity index (χ0) is 13.8. The Morgan fingerprint density at radius 2 is 2.11 bits per heavy atom. The summed E-state index contributed by atoms with van der Waals surface area (Å²) in [5.41, 5.74) is 0.691. The molecule has 0 unspecified atom stereocenters. The molecule has 0 aromatic carbocycles. The van der Waals surface area contributed by atoms with Crippen LogP contribution < -0.4 is 0 Å². The fourth-order valence-corrected chi connectivity index (χ4v) is 1.53. The number of methoxy groups -OCH3 is 1. The quantitative estimate of drug-likeness (QED) is 0.563. The number of nitrogens with zero attached hydrogens (tertiary/aromatic N) is 5. The molecule has 2 heterocycles. The van der Waals surface area contributed by atoms with Crippen molar-refractivity contribution < 1.29 is 14.3 Å². The lowest BCUT2D eigenvalue weighted by atomic mass is 10.3. The highest BCUT2D eigenvalue weighted by Crippen LogP contribution is 2.07. The first-order chi connectivity index (χ1) is 9.17. The van der Waals surface area contributed by atoms with Crippen molar-refractivity contribution in [3.05, 3.63) is 17.2 Å². The van der Waals surface area contributed by atoms with Gasteiger partial charge in [0.2, 0.25) is 0 Å². The lowest BCUT2D eigenvalue weighted by Crippen LogP contribution is -2.16. The maximum Gasteiger partial charge on any atom is 0.360 e. The van der Waals surface area contributed by atoms with Crippen LogP contribution in [-0.2, 0) is 15.9 Å². The summed E-state index contributed by atoms with van der Waals surface area (Å²) in [6.07, 6.45) is 0.691. The van der Waals surface area contributed by atoms with Gasteiger partial charge in [-0.3, -0.25) is 0 Å². The first-order valence-corrected chi connectivity index (χ1v) is 5.92. The van der Waals surface area contributed by atoms with E-state index in [-0.39, 0.29) is 12.3 Å². The zero-order valence-electron chi connectivity index (χ0n) is 11.1. The van der Waals surface area contributed by atoms with Crippen molar-refractivity contribution in [1.82, 2.24) is 24.8 Å². The van der Waals surface area contributed by atoms with E-state index in [1.807, 2.05) is 6.92 Å². The monoisotopic (exact) mass is 265 g/mol. The van der Waals surface area contributed by atoms with E-state index in [2.05, 4.69) is 20.3 Å². The second kappa shape index (κ2) is 5.70. The molecule has 102 valence electrons. The van der Waals surface area contributed by atoms with Gasteiger partial charge in [-0.05, 0) is 6.92 Å². The number of carbonyl (C=O) groups is 1. The molecule has 8 nitrogen and oxygen atoms in total. The minimum Gasteiger partial charge on any atom is -0.458 e. The van der Waals surface area contributed by atoms with Gasteiger partial charge >= 0.3 is 5.97 Å². The van der Waals surface area contributed by atoms with Gasteiger partial charge in [0, 0.05) is 13.5 Å². The van der Waals surface area contributed by atoms with Crippen LogP contribution in [0.15, 0.2) is 0 Å². The second-order valence-corrected chi connectivity index (χ2v) is 3.86. The molecule has 0 N–H and O–H groups in total. The Bertz CT molecular complexity index is 595. The molecule has 0 amide bonds. The van der Waals surface area contributed by atoms with E-state index < -0.39 is 5.97 Å². The van der Waals surface area contributed by atoms with Crippen LogP contribution in [0.2, 0.25) is 0 Å². The summed E-state index contributed by atoms with van der Waals surface area (Å²) in [6, 6.07) is 0. The summed E-state index contributed by atoms with van der Waals surface area (Å²) in [4.78, 5) is 16.0. The van der Waals surface area contributed by atoms with Crippen molar-refractivity contribution in [2.75, 3.05) is 20.3 Å². The normalized spacial score (nSPS) is 10.9. The van der Waals surface area contributed by atoms with Gasteiger partial charge in [-0.25, -0.2) is 4.79 Å².